The summed E-state index contributed by atoms with van der Waals surface area (Å²) >= 11 is 0. The van der Waals surface area contributed by atoms with Gasteiger partial charge in [0.2, 0.25) is 5.91 Å². The van der Waals surface area contributed by atoms with Crippen LogP contribution in [0, 0.1) is 5.82 Å². The predicted octanol–water partition coefficient (Wildman–Crippen LogP) is 3.36. The smallest absolute Gasteiger partial charge is 0.251 e. The molecule has 0 aliphatic rings. The number of halogens is 1. The highest BCUT2D eigenvalue weighted by Gasteiger charge is 2.23. The topological polar surface area (TPSA) is 86.9 Å². The van der Waals surface area contributed by atoms with E-state index in [1.165, 1.54) is 24.3 Å². The lowest BCUT2D eigenvalue weighted by molar-refractivity contribution is -0.123. The molecule has 2 amide bonds. The maximum absolute atomic E-state index is 13.2. The number of para-hydroxylation sites is 1. The van der Waals surface area contributed by atoms with Crippen molar-refractivity contribution in [3.05, 3.63) is 102 Å². The van der Waals surface area contributed by atoms with Gasteiger partial charge in [-0.25, -0.2) is 4.39 Å². The van der Waals surface area contributed by atoms with Crippen LogP contribution in [0.1, 0.15) is 21.5 Å². The van der Waals surface area contributed by atoms with E-state index < -0.39 is 17.8 Å². The van der Waals surface area contributed by atoms with Crippen LogP contribution >= 0.6 is 0 Å². The van der Waals surface area contributed by atoms with Crippen LogP contribution in [0.15, 0.2) is 79.3 Å². The van der Waals surface area contributed by atoms with Gasteiger partial charge < -0.3 is 15.6 Å². The minimum atomic E-state index is -0.807. The molecule has 156 valence electrons. The molecular weight excluding hydrogens is 395 g/mol. The summed E-state index contributed by atoms with van der Waals surface area (Å²) in [6, 6.07) is 15.8. The molecule has 1 atom stereocenters. The molecule has 6 nitrogen and oxygen atoms in total. The molecule has 0 spiro atoms. The number of aromatic amines is 1. The van der Waals surface area contributed by atoms with E-state index in [-0.39, 0.29) is 11.5 Å². The van der Waals surface area contributed by atoms with Gasteiger partial charge in [0.1, 0.15) is 11.9 Å². The molecule has 0 bridgehead atoms. The van der Waals surface area contributed by atoms with Gasteiger partial charge in [0, 0.05) is 48.0 Å². The Labute approximate surface area is 178 Å². The molecule has 2 aromatic heterocycles. The fourth-order valence-corrected chi connectivity index (χ4v) is 3.39. The van der Waals surface area contributed by atoms with Gasteiger partial charge in [-0.3, -0.25) is 14.6 Å². The van der Waals surface area contributed by atoms with Gasteiger partial charge >= 0.3 is 0 Å². The van der Waals surface area contributed by atoms with Crippen LogP contribution in [0.25, 0.3) is 10.9 Å². The highest BCUT2D eigenvalue weighted by molar-refractivity contribution is 5.97. The number of fused-ring (bicyclic) bond motifs is 1. The van der Waals surface area contributed by atoms with Gasteiger partial charge in [0.05, 0.1) is 0 Å². The van der Waals surface area contributed by atoms with Gasteiger partial charge in [-0.1, -0.05) is 18.2 Å². The van der Waals surface area contributed by atoms with Gasteiger partial charge in [-0.2, -0.15) is 0 Å². The maximum atomic E-state index is 13.2. The lowest BCUT2D eigenvalue weighted by Crippen LogP contribution is -2.47. The number of carbonyl (C=O) groups excluding carboxylic acids is 2. The summed E-state index contributed by atoms with van der Waals surface area (Å²) in [5.41, 5.74) is 3.06. The predicted molar refractivity (Wildman–Crippen MR) is 116 cm³/mol. The third kappa shape index (κ3) is 4.95. The zero-order valence-electron chi connectivity index (χ0n) is 16.6. The van der Waals surface area contributed by atoms with Crippen LogP contribution in [-0.4, -0.2) is 27.8 Å². The zero-order chi connectivity index (χ0) is 21.6. The third-order valence-corrected chi connectivity index (χ3v) is 5.04. The first-order chi connectivity index (χ1) is 15.1. The van der Waals surface area contributed by atoms with Crippen LogP contribution in [0.3, 0.4) is 0 Å². The molecule has 2 aromatic carbocycles. The molecule has 0 fully saturated rings. The van der Waals surface area contributed by atoms with Crippen molar-refractivity contribution in [3.8, 4) is 0 Å². The van der Waals surface area contributed by atoms with Crippen LogP contribution < -0.4 is 10.6 Å². The Bertz CT molecular complexity index is 1190. The quantitative estimate of drug-likeness (QED) is 0.432. The molecule has 7 heteroatoms. The summed E-state index contributed by atoms with van der Waals surface area (Å²) in [7, 11) is 0. The molecule has 0 aliphatic carbocycles. The Kier molecular flexibility index (Phi) is 6.03. The van der Waals surface area contributed by atoms with Gasteiger partial charge in [-0.05, 0) is 53.6 Å². The van der Waals surface area contributed by atoms with Crippen molar-refractivity contribution in [2.45, 2.75) is 19.0 Å². The number of nitrogens with one attached hydrogen (secondary N) is 3. The summed E-state index contributed by atoms with van der Waals surface area (Å²) in [6.45, 7) is 0.318. The number of rotatable bonds is 7. The van der Waals surface area contributed by atoms with Crippen molar-refractivity contribution < 1.29 is 14.0 Å². The molecule has 0 saturated carbocycles. The first-order valence-corrected chi connectivity index (χ1v) is 9.88. The van der Waals surface area contributed by atoms with Crippen molar-refractivity contribution in [1.29, 1.82) is 0 Å². The molecule has 0 saturated heterocycles. The monoisotopic (exact) mass is 416 g/mol. The van der Waals surface area contributed by atoms with Crippen molar-refractivity contribution in [3.63, 3.8) is 0 Å². The summed E-state index contributed by atoms with van der Waals surface area (Å²) in [5, 5.41) is 6.66. The van der Waals surface area contributed by atoms with E-state index in [4.69, 9.17) is 0 Å². The highest BCUT2D eigenvalue weighted by Crippen LogP contribution is 2.19. The van der Waals surface area contributed by atoms with Gasteiger partial charge in [-0.15, -0.1) is 0 Å². The van der Waals surface area contributed by atoms with E-state index in [0.29, 0.717) is 13.0 Å². The second-order valence-electron chi connectivity index (χ2n) is 7.17. The van der Waals surface area contributed by atoms with Crippen LogP contribution in [0.5, 0.6) is 0 Å². The van der Waals surface area contributed by atoms with E-state index in [9.17, 15) is 14.0 Å². The Morgan fingerprint density at radius 3 is 2.52 bits per heavy atom. The van der Waals surface area contributed by atoms with Crippen LogP contribution in [0.4, 0.5) is 4.39 Å². The first kappa shape index (κ1) is 20.3. The lowest BCUT2D eigenvalue weighted by Gasteiger charge is -2.18. The molecule has 0 unspecified atom stereocenters. The molecule has 0 radical (unpaired) electrons. The van der Waals surface area contributed by atoms with Crippen LogP contribution in [0.2, 0.25) is 0 Å². The minimum absolute atomic E-state index is 0.285. The molecule has 0 aliphatic heterocycles. The Morgan fingerprint density at radius 2 is 1.74 bits per heavy atom. The molecule has 4 rings (SSSR count). The number of pyridine rings is 1. The number of hydrogen-bond donors (Lipinski definition) is 3. The number of amides is 2. The fraction of sp³-hybridized carbons (Fsp3) is 0.125. The van der Waals surface area contributed by atoms with E-state index in [1.54, 1.807) is 12.4 Å². The van der Waals surface area contributed by atoms with E-state index in [2.05, 4.69) is 20.6 Å². The van der Waals surface area contributed by atoms with Gasteiger partial charge in [0.25, 0.3) is 5.91 Å². The summed E-state index contributed by atoms with van der Waals surface area (Å²) in [5.74, 6) is -1.18. The molecule has 2 heterocycles. The number of hydrogen-bond acceptors (Lipinski definition) is 3. The number of H-pyrrole nitrogens is 1. The first-order valence-electron chi connectivity index (χ1n) is 9.88. The summed E-state index contributed by atoms with van der Waals surface area (Å²) in [6.07, 6.45) is 5.46. The Hall–Kier alpha value is -4.00. The van der Waals surface area contributed by atoms with Crippen molar-refractivity contribution >= 4 is 22.7 Å². The largest absolute Gasteiger partial charge is 0.361 e. The van der Waals surface area contributed by atoms with Crippen molar-refractivity contribution in [1.82, 2.24) is 20.6 Å². The van der Waals surface area contributed by atoms with Crippen molar-refractivity contribution in [2.75, 3.05) is 0 Å². The van der Waals surface area contributed by atoms with Crippen LogP contribution in [-0.2, 0) is 17.8 Å². The normalized spacial score (nSPS) is 11.8. The van der Waals surface area contributed by atoms with E-state index in [0.717, 1.165) is 22.0 Å². The average Bonchev–Trinajstić information content (AvgIpc) is 3.21. The maximum Gasteiger partial charge on any atom is 0.251 e. The second-order valence-corrected chi connectivity index (χ2v) is 7.17. The Morgan fingerprint density at radius 1 is 1.00 bits per heavy atom. The second kappa shape index (κ2) is 9.21. The molecular formula is C24H21FN4O2. The van der Waals surface area contributed by atoms with Gasteiger partial charge in [0.15, 0.2) is 0 Å². The molecule has 4 aromatic rings. The number of aromatic nitrogens is 2. The third-order valence-electron chi connectivity index (χ3n) is 5.04. The molecule has 3 N–H and O–H groups in total. The number of benzene rings is 2. The zero-order valence-corrected chi connectivity index (χ0v) is 16.6. The number of carbonyl (C=O) groups is 2. The van der Waals surface area contributed by atoms with E-state index in [1.807, 2.05) is 42.6 Å². The summed E-state index contributed by atoms with van der Waals surface area (Å²) in [4.78, 5) is 32.8. The molecule has 31 heavy (non-hydrogen) atoms. The number of nitrogens with zero attached hydrogens (tertiary/aromatic N) is 1. The minimum Gasteiger partial charge on any atom is -0.361 e. The SMILES string of the molecule is O=C(N[C@@H](Cc1c[nH]c2ccccc12)C(=O)NCc1ccncc1)c1ccc(F)cc1. The summed E-state index contributed by atoms with van der Waals surface area (Å²) < 4.78 is 13.2. The highest BCUT2D eigenvalue weighted by atomic mass is 19.1. The lowest BCUT2D eigenvalue weighted by atomic mass is 10.0. The Balaban J connectivity index is 1.54. The van der Waals surface area contributed by atoms with E-state index >= 15 is 0 Å². The standard InChI is InChI=1S/C24H21FN4O2/c25-19-7-5-17(6-8-19)23(30)29-22(24(31)28-14-16-9-11-26-12-10-16)13-18-15-27-21-4-2-1-3-20(18)21/h1-12,15,22,27H,13-14H2,(H,28,31)(H,29,30)/t22-/m0/s1. The fourth-order valence-electron chi connectivity index (χ4n) is 3.39. The average molecular weight is 416 g/mol. The van der Waals surface area contributed by atoms with Crippen molar-refractivity contribution in [2.24, 2.45) is 0 Å².